The van der Waals surface area contributed by atoms with Gasteiger partial charge in [0.15, 0.2) is 0 Å². The molecule has 13 heavy (non-hydrogen) atoms. The lowest BCUT2D eigenvalue weighted by Gasteiger charge is -1.99. The molecule has 0 bridgehead atoms. The summed E-state index contributed by atoms with van der Waals surface area (Å²) in [5.41, 5.74) is 1.87. The topological polar surface area (TPSA) is 46.5 Å². The minimum absolute atomic E-state index is 0.126. The number of aliphatic imine (C=N–C) groups is 1. The molecule has 1 aromatic rings. The van der Waals surface area contributed by atoms with Crippen LogP contribution in [-0.4, -0.2) is 14.6 Å². The second-order valence-electron chi connectivity index (χ2n) is 2.77. The molecule has 0 aliphatic carbocycles. The van der Waals surface area contributed by atoms with Gasteiger partial charge >= 0.3 is 0 Å². The molecule has 1 aliphatic heterocycles. The zero-order chi connectivity index (χ0) is 9.47. The summed E-state index contributed by atoms with van der Waals surface area (Å²) >= 11 is 0. The van der Waals surface area contributed by atoms with Crippen LogP contribution in [0.5, 0.6) is 0 Å². The van der Waals surface area contributed by atoms with Gasteiger partial charge in [0, 0.05) is 16.9 Å². The number of hydrogen-bond donors (Lipinski definition) is 0. The number of hydrogen-bond acceptors (Lipinski definition) is 3. The number of fused-ring (bicyclic) bond motifs is 1. The summed E-state index contributed by atoms with van der Waals surface area (Å²) < 4.78 is 21.9. The van der Waals surface area contributed by atoms with Crippen LogP contribution in [0.3, 0.4) is 0 Å². The Morgan fingerprint density at radius 3 is 2.85 bits per heavy atom. The van der Waals surface area contributed by atoms with Crippen LogP contribution in [0.2, 0.25) is 0 Å². The molecule has 2 rings (SSSR count). The normalized spacial score (nSPS) is 14.5. The largest absolute Gasteiger partial charge is 0.288 e. The van der Waals surface area contributed by atoms with Crippen molar-refractivity contribution in [2.45, 2.75) is 11.4 Å². The van der Waals surface area contributed by atoms with Gasteiger partial charge in [-0.3, -0.25) is 4.99 Å². The lowest BCUT2D eigenvalue weighted by atomic mass is 10.1. The van der Waals surface area contributed by atoms with E-state index in [-0.39, 0.29) is 4.90 Å². The Kier molecular flexibility index (Phi) is 1.89. The summed E-state index contributed by atoms with van der Waals surface area (Å²) in [6.07, 6.45) is 1.65. The van der Waals surface area contributed by atoms with Crippen molar-refractivity contribution < 1.29 is 8.42 Å². The molecule has 0 aromatic heterocycles. The van der Waals surface area contributed by atoms with Gasteiger partial charge in [-0.2, -0.15) is 0 Å². The lowest BCUT2D eigenvalue weighted by Crippen LogP contribution is -1.93. The van der Waals surface area contributed by atoms with Crippen LogP contribution in [0.25, 0.3) is 0 Å². The Balaban J connectivity index is 2.59. The Bertz CT molecular complexity index is 479. The maximum absolute atomic E-state index is 11.0. The van der Waals surface area contributed by atoms with Crippen LogP contribution in [-0.2, 0) is 15.6 Å². The summed E-state index contributed by atoms with van der Waals surface area (Å²) in [7, 11) is 1.57. The van der Waals surface area contributed by atoms with Crippen molar-refractivity contribution in [1.29, 1.82) is 0 Å². The highest BCUT2D eigenvalue weighted by atomic mass is 35.7. The predicted molar refractivity (Wildman–Crippen MR) is 50.8 cm³/mol. The summed E-state index contributed by atoms with van der Waals surface area (Å²) in [6, 6.07) is 4.77. The van der Waals surface area contributed by atoms with E-state index < -0.39 is 9.05 Å². The fourth-order valence-electron chi connectivity index (χ4n) is 1.23. The first kappa shape index (κ1) is 8.72. The van der Waals surface area contributed by atoms with Crippen LogP contribution in [0.15, 0.2) is 28.1 Å². The Morgan fingerprint density at radius 2 is 2.15 bits per heavy atom. The van der Waals surface area contributed by atoms with Crippen LogP contribution >= 0.6 is 10.7 Å². The van der Waals surface area contributed by atoms with Crippen molar-refractivity contribution in [3.63, 3.8) is 0 Å². The third-order valence-electron chi connectivity index (χ3n) is 1.89. The quantitative estimate of drug-likeness (QED) is 0.668. The van der Waals surface area contributed by atoms with Crippen LogP contribution in [0, 0.1) is 0 Å². The van der Waals surface area contributed by atoms with E-state index in [1.807, 2.05) is 0 Å². The molecule has 1 aliphatic rings. The molecule has 1 heterocycles. The smallest absolute Gasteiger partial charge is 0.261 e. The molecule has 0 spiro atoms. The summed E-state index contributed by atoms with van der Waals surface area (Å²) in [6.45, 7) is 0.623. The molecule has 0 saturated heterocycles. The van der Waals surface area contributed by atoms with Crippen molar-refractivity contribution in [3.05, 3.63) is 29.3 Å². The second kappa shape index (κ2) is 2.82. The van der Waals surface area contributed by atoms with E-state index in [1.54, 1.807) is 12.3 Å². The van der Waals surface area contributed by atoms with Gasteiger partial charge in [-0.25, -0.2) is 8.42 Å². The zero-order valence-electron chi connectivity index (χ0n) is 6.57. The maximum atomic E-state index is 11.0. The average Bonchev–Trinajstić information content (AvgIpc) is 2.47. The number of halogens is 1. The van der Waals surface area contributed by atoms with E-state index in [0.717, 1.165) is 11.1 Å². The van der Waals surface area contributed by atoms with Crippen molar-refractivity contribution >= 4 is 25.9 Å². The average molecular weight is 216 g/mol. The Morgan fingerprint density at radius 1 is 1.38 bits per heavy atom. The van der Waals surface area contributed by atoms with Gasteiger partial charge in [0.05, 0.1) is 11.4 Å². The molecule has 0 atom stereocenters. The van der Waals surface area contributed by atoms with Gasteiger partial charge in [-0.05, 0) is 23.3 Å². The van der Waals surface area contributed by atoms with E-state index >= 15 is 0 Å². The molecular formula is C8H6ClNO2S. The van der Waals surface area contributed by atoms with E-state index in [2.05, 4.69) is 4.99 Å². The highest BCUT2D eigenvalue weighted by molar-refractivity contribution is 8.13. The number of rotatable bonds is 1. The SMILES string of the molecule is O=S(=O)(Cl)c1ccc2c(c1)C=NC2. The van der Waals surface area contributed by atoms with E-state index in [1.165, 1.54) is 12.1 Å². The summed E-state index contributed by atoms with van der Waals surface area (Å²) in [5.74, 6) is 0. The van der Waals surface area contributed by atoms with Crippen LogP contribution < -0.4 is 0 Å². The molecule has 0 amide bonds. The molecule has 68 valence electrons. The third kappa shape index (κ3) is 1.59. The molecule has 5 heteroatoms. The first-order chi connectivity index (χ1) is 6.07. The lowest BCUT2D eigenvalue weighted by molar-refractivity contribution is 0.609. The second-order valence-corrected chi connectivity index (χ2v) is 5.33. The van der Waals surface area contributed by atoms with E-state index in [0.29, 0.717) is 6.54 Å². The molecule has 0 radical (unpaired) electrons. The molecule has 0 unspecified atom stereocenters. The van der Waals surface area contributed by atoms with Crippen molar-refractivity contribution in [3.8, 4) is 0 Å². The zero-order valence-corrected chi connectivity index (χ0v) is 8.14. The van der Waals surface area contributed by atoms with Gasteiger partial charge in [0.2, 0.25) is 0 Å². The molecular weight excluding hydrogens is 210 g/mol. The number of nitrogens with zero attached hydrogens (tertiary/aromatic N) is 1. The Labute approximate surface area is 80.5 Å². The van der Waals surface area contributed by atoms with Gasteiger partial charge in [0.25, 0.3) is 9.05 Å². The van der Waals surface area contributed by atoms with E-state index in [9.17, 15) is 8.42 Å². The fourth-order valence-corrected chi connectivity index (χ4v) is 2.02. The number of benzene rings is 1. The first-order valence-electron chi connectivity index (χ1n) is 3.65. The third-order valence-corrected chi connectivity index (χ3v) is 3.24. The standard InChI is InChI=1S/C8H6ClNO2S/c9-13(11,12)8-2-1-6-4-10-5-7(6)3-8/h1-3,5H,4H2. The fraction of sp³-hybridized carbons (Fsp3) is 0.125. The van der Waals surface area contributed by atoms with Gasteiger partial charge in [-0.15, -0.1) is 0 Å². The van der Waals surface area contributed by atoms with Crippen LogP contribution in [0.4, 0.5) is 0 Å². The first-order valence-corrected chi connectivity index (χ1v) is 5.96. The molecule has 0 fully saturated rings. The van der Waals surface area contributed by atoms with Gasteiger partial charge in [-0.1, -0.05) is 6.07 Å². The highest BCUT2D eigenvalue weighted by Gasteiger charge is 2.13. The molecule has 3 nitrogen and oxygen atoms in total. The predicted octanol–water partition coefficient (Wildman–Crippen LogP) is 1.55. The monoisotopic (exact) mass is 215 g/mol. The Hall–Kier alpha value is -0.870. The van der Waals surface area contributed by atoms with Crippen molar-refractivity contribution in [2.75, 3.05) is 0 Å². The minimum atomic E-state index is -3.61. The van der Waals surface area contributed by atoms with Gasteiger partial charge < -0.3 is 0 Å². The van der Waals surface area contributed by atoms with Gasteiger partial charge in [0.1, 0.15) is 0 Å². The molecule has 0 N–H and O–H groups in total. The summed E-state index contributed by atoms with van der Waals surface area (Å²) in [4.78, 5) is 4.14. The van der Waals surface area contributed by atoms with Crippen molar-refractivity contribution in [1.82, 2.24) is 0 Å². The van der Waals surface area contributed by atoms with E-state index in [4.69, 9.17) is 10.7 Å². The maximum Gasteiger partial charge on any atom is 0.261 e. The molecule has 0 saturated carbocycles. The van der Waals surface area contributed by atoms with Crippen LogP contribution in [0.1, 0.15) is 11.1 Å². The summed E-state index contributed by atoms with van der Waals surface area (Å²) in [5, 5.41) is 0. The minimum Gasteiger partial charge on any atom is -0.288 e. The molecule has 1 aromatic carbocycles. The highest BCUT2D eigenvalue weighted by Crippen LogP contribution is 2.21. The van der Waals surface area contributed by atoms with Crippen molar-refractivity contribution in [2.24, 2.45) is 4.99 Å².